The molecule has 0 aromatic rings. The van der Waals surface area contributed by atoms with Crippen LogP contribution in [-0.2, 0) is 18.3 Å². The Bertz CT molecular complexity index is 239. The molecule has 1 aliphatic heterocycles. The summed E-state index contributed by atoms with van der Waals surface area (Å²) < 4.78 is 23.9. The van der Waals surface area contributed by atoms with Crippen molar-refractivity contribution in [3.8, 4) is 0 Å². The van der Waals surface area contributed by atoms with Gasteiger partial charge in [-0.25, -0.2) is 0 Å². The Labute approximate surface area is 123 Å². The summed E-state index contributed by atoms with van der Waals surface area (Å²) in [5.41, 5.74) is 0. The fraction of sp³-hybridized carbons (Fsp3) is 1.00. The van der Waals surface area contributed by atoms with E-state index in [2.05, 4.69) is 12.6 Å². The Hall–Kier alpha value is 0.407. The molecule has 0 aromatic carbocycles. The van der Waals surface area contributed by atoms with Crippen molar-refractivity contribution in [2.45, 2.75) is 58.1 Å². The highest BCUT2D eigenvalue weighted by molar-refractivity contribution is 7.80. The van der Waals surface area contributed by atoms with Gasteiger partial charge in [0.1, 0.15) is 0 Å². The molecule has 0 N–H and O–H groups in total. The van der Waals surface area contributed by atoms with Gasteiger partial charge >= 0.3 is 8.56 Å². The predicted octanol–water partition coefficient (Wildman–Crippen LogP) is 3.32. The fourth-order valence-electron chi connectivity index (χ4n) is 2.61. The van der Waals surface area contributed by atoms with Crippen LogP contribution < -0.4 is 0 Å². The Morgan fingerprint density at radius 3 is 2.37 bits per heavy atom. The summed E-state index contributed by atoms with van der Waals surface area (Å²) in [4.78, 5) is 0. The highest BCUT2D eigenvalue weighted by Crippen LogP contribution is 2.38. The Morgan fingerprint density at radius 2 is 1.84 bits per heavy atom. The molecule has 19 heavy (non-hydrogen) atoms. The molecule has 0 aliphatic carbocycles. The van der Waals surface area contributed by atoms with E-state index in [1.165, 1.54) is 0 Å². The third kappa shape index (κ3) is 5.02. The molecule has 1 heterocycles. The molecular weight excluding hydrogens is 280 g/mol. The summed E-state index contributed by atoms with van der Waals surface area (Å²) in [5.74, 6) is -0.0127. The molecule has 0 amide bonds. The lowest BCUT2D eigenvalue weighted by Gasteiger charge is -2.45. The first-order chi connectivity index (χ1) is 9.16. The van der Waals surface area contributed by atoms with Crippen LogP contribution in [0.2, 0.25) is 12.1 Å². The summed E-state index contributed by atoms with van der Waals surface area (Å²) >= 11 is 4.30. The number of ether oxygens (including phenoxy) is 2. The van der Waals surface area contributed by atoms with Crippen LogP contribution in [0.5, 0.6) is 0 Å². The average molecular weight is 309 g/mol. The van der Waals surface area contributed by atoms with E-state index < -0.39 is 14.5 Å². The second-order valence-corrected chi connectivity index (χ2v) is 8.44. The molecule has 6 heteroatoms. The zero-order valence-electron chi connectivity index (χ0n) is 12.4. The highest BCUT2D eigenvalue weighted by Gasteiger charge is 2.50. The molecule has 1 fully saturated rings. The van der Waals surface area contributed by atoms with Gasteiger partial charge in [0.05, 0.1) is 0 Å². The molecule has 0 bridgehead atoms. The maximum absolute atomic E-state index is 6.32. The van der Waals surface area contributed by atoms with Crippen LogP contribution >= 0.6 is 12.6 Å². The lowest BCUT2D eigenvalue weighted by molar-refractivity contribution is -0.358. The van der Waals surface area contributed by atoms with Crippen molar-refractivity contribution < 1.29 is 18.3 Å². The number of rotatable bonds is 9. The summed E-state index contributed by atoms with van der Waals surface area (Å²) in [5, 5.41) is 0. The van der Waals surface area contributed by atoms with E-state index in [1.807, 2.05) is 20.8 Å². The molecule has 114 valence electrons. The van der Waals surface area contributed by atoms with Crippen molar-refractivity contribution in [3.05, 3.63) is 0 Å². The second kappa shape index (κ2) is 8.64. The van der Waals surface area contributed by atoms with Gasteiger partial charge in [0.2, 0.25) is 0 Å². The fourth-order valence-corrected chi connectivity index (χ4v) is 6.61. The van der Waals surface area contributed by atoms with Crippen LogP contribution in [0.1, 0.15) is 40.0 Å². The minimum absolute atomic E-state index is 0.586. The number of hydrogen-bond donors (Lipinski definition) is 1. The van der Waals surface area contributed by atoms with Gasteiger partial charge in [0.25, 0.3) is 5.97 Å². The average Bonchev–Trinajstić information content (AvgIpc) is 2.38. The number of hydrogen-bond acceptors (Lipinski definition) is 5. The molecular formula is C13H28O4SSi. The van der Waals surface area contributed by atoms with Crippen LogP contribution in [0.4, 0.5) is 0 Å². The quantitative estimate of drug-likeness (QED) is 0.403. The van der Waals surface area contributed by atoms with Gasteiger partial charge in [-0.05, 0) is 51.5 Å². The normalized spacial score (nSPS) is 26.5. The van der Waals surface area contributed by atoms with Crippen molar-refractivity contribution >= 4 is 21.2 Å². The molecule has 0 aromatic heterocycles. The summed E-state index contributed by atoms with van der Waals surface area (Å²) in [6.07, 6.45) is 2.85. The predicted molar refractivity (Wildman–Crippen MR) is 81.8 cm³/mol. The van der Waals surface area contributed by atoms with Gasteiger partial charge in [0, 0.05) is 26.2 Å². The smallest absolute Gasteiger partial charge is 0.342 e. The third-order valence-corrected chi connectivity index (χ3v) is 7.28. The van der Waals surface area contributed by atoms with Crippen LogP contribution in [0.25, 0.3) is 0 Å². The summed E-state index contributed by atoms with van der Waals surface area (Å²) in [6, 6.07) is 1.99. The van der Waals surface area contributed by atoms with Crippen molar-refractivity contribution in [1.29, 1.82) is 0 Å². The molecule has 0 spiro atoms. The van der Waals surface area contributed by atoms with E-state index in [1.54, 1.807) is 0 Å². The topological polar surface area (TPSA) is 36.9 Å². The van der Waals surface area contributed by atoms with Crippen LogP contribution in [0.3, 0.4) is 0 Å². The van der Waals surface area contributed by atoms with E-state index >= 15 is 0 Å². The van der Waals surface area contributed by atoms with Crippen LogP contribution in [0.15, 0.2) is 0 Å². The minimum atomic E-state index is -2.21. The first kappa shape index (κ1) is 17.5. The van der Waals surface area contributed by atoms with E-state index in [0.717, 1.165) is 37.1 Å². The monoisotopic (exact) mass is 308 g/mol. The van der Waals surface area contributed by atoms with E-state index in [4.69, 9.17) is 18.3 Å². The largest absolute Gasteiger partial charge is 0.394 e. The zero-order chi connectivity index (χ0) is 14.2. The van der Waals surface area contributed by atoms with Crippen molar-refractivity contribution in [2.75, 3.05) is 25.6 Å². The maximum atomic E-state index is 6.32. The Balaban J connectivity index is 2.80. The molecule has 1 rings (SSSR count). The minimum Gasteiger partial charge on any atom is -0.394 e. The SMILES string of the molecule is CCOC1(OCC)CCC[Si](CCCS)(OCC)O1. The van der Waals surface area contributed by atoms with Crippen LogP contribution in [-0.4, -0.2) is 40.1 Å². The van der Waals surface area contributed by atoms with Gasteiger partial charge in [0.15, 0.2) is 0 Å². The third-order valence-electron chi connectivity index (χ3n) is 3.23. The van der Waals surface area contributed by atoms with Gasteiger partial charge in [-0.2, -0.15) is 12.6 Å². The van der Waals surface area contributed by atoms with Gasteiger partial charge in [-0.3, -0.25) is 0 Å². The number of thiol groups is 1. The van der Waals surface area contributed by atoms with Crippen molar-refractivity contribution in [3.63, 3.8) is 0 Å². The van der Waals surface area contributed by atoms with Gasteiger partial charge < -0.3 is 18.3 Å². The molecule has 0 radical (unpaired) electrons. The van der Waals surface area contributed by atoms with E-state index in [0.29, 0.717) is 19.8 Å². The van der Waals surface area contributed by atoms with Crippen molar-refractivity contribution in [1.82, 2.24) is 0 Å². The van der Waals surface area contributed by atoms with Gasteiger partial charge in [-0.1, -0.05) is 0 Å². The first-order valence-electron chi connectivity index (χ1n) is 7.38. The molecule has 1 saturated heterocycles. The molecule has 1 unspecified atom stereocenters. The summed E-state index contributed by atoms with van der Waals surface area (Å²) in [7, 11) is -2.21. The maximum Gasteiger partial charge on any atom is 0.342 e. The molecule has 1 aliphatic rings. The lowest BCUT2D eigenvalue weighted by atomic mass is 10.3. The molecule has 0 saturated carbocycles. The second-order valence-electron chi connectivity index (χ2n) is 4.68. The highest BCUT2D eigenvalue weighted by atomic mass is 32.1. The van der Waals surface area contributed by atoms with Crippen molar-refractivity contribution in [2.24, 2.45) is 0 Å². The summed E-state index contributed by atoms with van der Waals surface area (Å²) in [6.45, 7) is 7.82. The Morgan fingerprint density at radius 1 is 1.16 bits per heavy atom. The zero-order valence-corrected chi connectivity index (χ0v) is 14.3. The van der Waals surface area contributed by atoms with Crippen LogP contribution in [0, 0.1) is 0 Å². The van der Waals surface area contributed by atoms with E-state index in [9.17, 15) is 0 Å². The standard InChI is InChI=1S/C13H28O4SSi/c1-4-14-13(15-5-2)9-7-11-19(17-13,16-6-3)12-8-10-18/h18H,4-12H2,1-3H3. The Kier molecular flexibility index (Phi) is 7.94. The van der Waals surface area contributed by atoms with E-state index in [-0.39, 0.29) is 0 Å². The molecule has 1 atom stereocenters. The van der Waals surface area contributed by atoms with Gasteiger partial charge in [-0.15, -0.1) is 0 Å². The first-order valence-corrected chi connectivity index (χ1v) is 10.2. The lowest BCUT2D eigenvalue weighted by Crippen LogP contribution is -2.56. The molecule has 4 nitrogen and oxygen atoms in total.